The highest BCUT2D eigenvalue weighted by Crippen LogP contribution is 2.47. The topological polar surface area (TPSA) is 24.0 Å². The highest BCUT2D eigenvalue weighted by Gasteiger charge is 2.23. The molecule has 0 radical (unpaired) electrons. The van der Waals surface area contributed by atoms with Crippen molar-refractivity contribution in [2.24, 2.45) is 0 Å². The minimum atomic E-state index is 1.09. The van der Waals surface area contributed by atoms with Crippen molar-refractivity contribution >= 4 is 88.2 Å². The molecule has 65 heavy (non-hydrogen) atoms. The van der Waals surface area contributed by atoms with E-state index < -0.39 is 0 Å². The van der Waals surface area contributed by atoms with Gasteiger partial charge in [0, 0.05) is 70.2 Å². The van der Waals surface area contributed by atoms with E-state index in [9.17, 15) is 0 Å². The lowest BCUT2D eigenvalue weighted by atomic mass is 9.95. The largest absolute Gasteiger partial charge is 0.354 e. The second-order valence-corrected chi connectivity index (χ2v) is 18.5. The average Bonchev–Trinajstić information content (AvgIpc) is 4.05. The number of nitrogens with one attached hydrogen (secondary N) is 1. The normalized spacial score (nSPS) is 12.7. The number of hydrogen-bond acceptors (Lipinski definition) is 2. The number of allylic oxidation sites excluding steroid dienone is 1. The number of H-pyrrole nitrogens is 1. The third-order valence-corrected chi connectivity index (χ3v) is 14.8. The van der Waals surface area contributed by atoms with Gasteiger partial charge in [0.05, 0.1) is 22.2 Å². The number of rotatable bonds is 7. The van der Waals surface area contributed by atoms with Crippen LogP contribution in [0.5, 0.6) is 0 Å². The fraction of sp³-hybridized carbons (Fsp3) is 0.0492. The summed E-state index contributed by atoms with van der Waals surface area (Å²) in [5, 5.41) is 6.27. The number of hydrogen-bond donors (Lipinski definition) is 1. The van der Waals surface area contributed by atoms with Crippen LogP contribution in [0.3, 0.4) is 0 Å². The van der Waals surface area contributed by atoms with Crippen LogP contribution >= 0.6 is 11.3 Å². The molecule has 1 aliphatic rings. The summed E-state index contributed by atoms with van der Waals surface area (Å²) in [6.45, 7) is 2.26. The maximum Gasteiger partial charge on any atom is 0.0619 e. The Kier molecular flexibility index (Phi) is 8.75. The molecule has 0 unspecified atom stereocenters. The van der Waals surface area contributed by atoms with E-state index in [2.05, 4.69) is 234 Å². The van der Waals surface area contributed by atoms with Crippen molar-refractivity contribution in [1.29, 1.82) is 0 Å². The molecule has 12 aromatic rings. The molecule has 9 aromatic carbocycles. The molecule has 3 nitrogen and oxygen atoms in total. The summed E-state index contributed by atoms with van der Waals surface area (Å²) in [5.74, 6) is 0. The Morgan fingerprint density at radius 1 is 0.508 bits per heavy atom. The Morgan fingerprint density at radius 3 is 1.97 bits per heavy atom. The van der Waals surface area contributed by atoms with Gasteiger partial charge in [0.2, 0.25) is 0 Å². The summed E-state index contributed by atoms with van der Waals surface area (Å²) in [7, 11) is 0. The van der Waals surface area contributed by atoms with Gasteiger partial charge in [0.1, 0.15) is 0 Å². The van der Waals surface area contributed by atoms with Crippen molar-refractivity contribution in [3.63, 3.8) is 0 Å². The molecule has 0 saturated carbocycles. The first-order valence-corrected chi connectivity index (χ1v) is 23.4. The average molecular weight is 850 g/mol. The van der Waals surface area contributed by atoms with Crippen LogP contribution in [-0.4, -0.2) is 9.55 Å². The Hall–Kier alpha value is -7.92. The summed E-state index contributed by atoms with van der Waals surface area (Å²) in [6.07, 6.45) is 4.70. The van der Waals surface area contributed by atoms with Crippen molar-refractivity contribution in [2.75, 3.05) is 4.90 Å². The molecule has 0 bridgehead atoms. The smallest absolute Gasteiger partial charge is 0.0619 e. The predicted molar refractivity (Wildman–Crippen MR) is 278 cm³/mol. The van der Waals surface area contributed by atoms with Crippen LogP contribution in [0.1, 0.15) is 23.8 Å². The Morgan fingerprint density at radius 2 is 1.17 bits per heavy atom. The summed E-state index contributed by atoms with van der Waals surface area (Å²) < 4.78 is 3.79. The summed E-state index contributed by atoms with van der Waals surface area (Å²) >= 11 is 1.95. The maximum atomic E-state index is 3.86. The van der Waals surface area contributed by atoms with E-state index in [1.807, 2.05) is 11.3 Å². The number of nitrogens with zero attached hydrogens (tertiary/aromatic N) is 2. The van der Waals surface area contributed by atoms with E-state index in [1.165, 1.54) is 92.1 Å². The van der Waals surface area contributed by atoms with E-state index in [1.54, 1.807) is 0 Å². The van der Waals surface area contributed by atoms with Crippen LogP contribution in [-0.2, 0) is 6.42 Å². The van der Waals surface area contributed by atoms with Gasteiger partial charge < -0.3 is 14.5 Å². The van der Waals surface area contributed by atoms with Crippen molar-refractivity contribution < 1.29 is 0 Å². The number of para-hydroxylation sites is 4. The van der Waals surface area contributed by atoms with Gasteiger partial charge in [-0.05, 0) is 114 Å². The second kappa shape index (κ2) is 15.1. The van der Waals surface area contributed by atoms with Gasteiger partial charge in [0.15, 0.2) is 0 Å². The summed E-state index contributed by atoms with van der Waals surface area (Å²) in [5.41, 5.74) is 19.2. The molecule has 0 spiro atoms. The lowest BCUT2D eigenvalue weighted by molar-refractivity contribution is 0.950. The number of fused-ring (bicyclic) bond motifs is 9. The first-order valence-electron chi connectivity index (χ1n) is 22.5. The molecule has 4 heteroatoms. The van der Waals surface area contributed by atoms with Crippen molar-refractivity contribution in [2.45, 2.75) is 19.8 Å². The number of aryl methyl sites for hydroxylation is 1. The van der Waals surface area contributed by atoms with Gasteiger partial charge >= 0.3 is 0 Å². The molecule has 1 aliphatic carbocycles. The Balaban J connectivity index is 0.984. The van der Waals surface area contributed by atoms with Crippen molar-refractivity contribution in [3.05, 3.63) is 222 Å². The molecule has 0 amide bonds. The zero-order chi connectivity index (χ0) is 43.0. The minimum absolute atomic E-state index is 1.09. The lowest BCUT2D eigenvalue weighted by Gasteiger charge is -2.27. The number of aromatic nitrogens is 2. The molecule has 0 fully saturated rings. The van der Waals surface area contributed by atoms with Gasteiger partial charge in [-0.15, -0.1) is 11.3 Å². The Labute approximate surface area is 381 Å². The van der Waals surface area contributed by atoms with Crippen molar-refractivity contribution in [1.82, 2.24) is 9.55 Å². The van der Waals surface area contributed by atoms with Crippen LogP contribution < -0.4 is 4.90 Å². The SMILES string of the molecule is CC1=Cc2c(sc3ccc(-c4ccc(N(c5ccc(-c6cccc7c8ccccc8n(-c8ccccc8)c67)cc5)c5ccc(-c6ccccc6)c6[nH]c7ccccc7c56)cc4)cc23)CC1. The fourth-order valence-electron chi connectivity index (χ4n) is 10.4. The van der Waals surface area contributed by atoms with Crippen LogP contribution in [0.4, 0.5) is 17.1 Å². The quantitative estimate of drug-likeness (QED) is 0.170. The molecule has 3 aromatic heterocycles. The fourth-order valence-corrected chi connectivity index (χ4v) is 11.6. The zero-order valence-corrected chi connectivity index (χ0v) is 36.7. The van der Waals surface area contributed by atoms with Crippen LogP contribution in [0.25, 0.3) is 98.8 Å². The zero-order valence-electron chi connectivity index (χ0n) is 35.9. The molecule has 13 rings (SSSR count). The second-order valence-electron chi connectivity index (χ2n) is 17.4. The highest BCUT2D eigenvalue weighted by atomic mass is 32.1. The predicted octanol–water partition coefficient (Wildman–Crippen LogP) is 17.5. The number of aromatic amines is 1. The third kappa shape index (κ3) is 6.17. The van der Waals surface area contributed by atoms with E-state index in [-0.39, 0.29) is 0 Å². The van der Waals surface area contributed by atoms with Crippen molar-refractivity contribution in [3.8, 4) is 39.1 Å². The molecule has 0 aliphatic heterocycles. The lowest BCUT2D eigenvalue weighted by Crippen LogP contribution is -2.10. The molecular formula is C61H43N3S. The highest BCUT2D eigenvalue weighted by molar-refractivity contribution is 7.19. The Bertz CT molecular complexity index is 3810. The first kappa shape index (κ1) is 37.6. The van der Waals surface area contributed by atoms with Gasteiger partial charge in [-0.2, -0.15) is 0 Å². The van der Waals surface area contributed by atoms with E-state index in [4.69, 9.17) is 0 Å². The van der Waals surface area contributed by atoms with Gasteiger partial charge in [-0.1, -0.05) is 151 Å². The molecule has 1 N–H and O–H groups in total. The molecule has 0 atom stereocenters. The summed E-state index contributed by atoms with van der Waals surface area (Å²) in [4.78, 5) is 7.81. The monoisotopic (exact) mass is 849 g/mol. The molecular weight excluding hydrogens is 807 g/mol. The first-order chi connectivity index (χ1) is 32.1. The third-order valence-electron chi connectivity index (χ3n) is 13.5. The number of thiophene rings is 1. The van der Waals surface area contributed by atoms with Gasteiger partial charge in [-0.3, -0.25) is 0 Å². The van der Waals surface area contributed by atoms with Crippen LogP contribution in [0, 0.1) is 0 Å². The molecule has 308 valence electrons. The van der Waals surface area contributed by atoms with Gasteiger partial charge in [0.25, 0.3) is 0 Å². The molecule has 0 saturated heterocycles. The van der Waals surface area contributed by atoms with Crippen LogP contribution in [0.2, 0.25) is 0 Å². The maximum absolute atomic E-state index is 3.86. The van der Waals surface area contributed by atoms with Gasteiger partial charge in [-0.25, -0.2) is 0 Å². The summed E-state index contributed by atoms with van der Waals surface area (Å²) in [6, 6.07) is 75.7. The minimum Gasteiger partial charge on any atom is -0.354 e. The standard InChI is InChI=1S/C61H43N3S/c1-39-23-35-57-52(37-39)53-38-43(28-36-58(53)65-57)40-24-29-45(30-25-40)63(56-34-33-47(41-13-4-2-5-14-41)60-59(56)51-18-8-10-21-54(51)62-60)46-31-26-42(27-32-46)48-19-12-20-50-49-17-9-11-22-55(49)64(61(48)50)44-15-6-3-7-16-44/h2-22,24-34,36-38,62H,23,35H2,1H3. The van der Waals surface area contributed by atoms with Crippen LogP contribution in [0.15, 0.2) is 212 Å². The van der Waals surface area contributed by atoms with E-state index in [0.717, 1.165) is 46.6 Å². The van der Waals surface area contributed by atoms with E-state index in [0.29, 0.717) is 0 Å². The number of benzene rings is 9. The van der Waals surface area contributed by atoms with E-state index >= 15 is 0 Å². The molecule has 3 heterocycles. The number of anilines is 3.